The topological polar surface area (TPSA) is 67.6 Å². The Morgan fingerprint density at radius 1 is 1.43 bits per heavy atom. The van der Waals surface area contributed by atoms with E-state index in [-0.39, 0.29) is 6.04 Å². The molecule has 0 aliphatic rings. The van der Waals surface area contributed by atoms with Crippen molar-refractivity contribution in [2.75, 3.05) is 0 Å². The number of hydrogen-bond acceptors (Lipinski definition) is 3. The van der Waals surface area contributed by atoms with Gasteiger partial charge in [-0.05, 0) is 12.3 Å². The zero-order valence-corrected chi connectivity index (χ0v) is 9.25. The van der Waals surface area contributed by atoms with Gasteiger partial charge in [0.25, 0.3) is 0 Å². The quantitative estimate of drug-likeness (QED) is 0.754. The molecule has 1 rings (SSSR count). The van der Waals surface area contributed by atoms with E-state index in [1.165, 1.54) is 0 Å². The number of nitrogens with zero attached hydrogens (tertiary/aromatic N) is 2. The van der Waals surface area contributed by atoms with E-state index in [9.17, 15) is 0 Å². The number of aromatic amines is 1. The molecule has 0 aromatic carbocycles. The van der Waals surface area contributed by atoms with Gasteiger partial charge in [0.2, 0.25) is 0 Å². The Labute approximate surface area is 85.3 Å². The lowest BCUT2D eigenvalue weighted by atomic mass is 10.00. The molecule has 0 saturated carbocycles. The monoisotopic (exact) mass is 196 g/mol. The molecule has 4 heteroatoms. The minimum absolute atomic E-state index is 0.0399. The SMILES string of the molecule is CCCc1nc(C(N)C(C)CC)n[nH]1. The second-order valence-corrected chi connectivity index (χ2v) is 3.80. The number of nitrogens with one attached hydrogen (secondary N) is 1. The van der Waals surface area contributed by atoms with Crippen LogP contribution in [0.4, 0.5) is 0 Å². The van der Waals surface area contributed by atoms with Crippen LogP contribution < -0.4 is 5.73 Å². The van der Waals surface area contributed by atoms with Gasteiger partial charge >= 0.3 is 0 Å². The van der Waals surface area contributed by atoms with Crippen LogP contribution >= 0.6 is 0 Å². The largest absolute Gasteiger partial charge is 0.321 e. The number of nitrogens with two attached hydrogens (primary N) is 1. The first-order valence-corrected chi connectivity index (χ1v) is 5.35. The molecule has 0 bridgehead atoms. The molecular formula is C10H20N4. The average Bonchev–Trinajstić information content (AvgIpc) is 2.64. The highest BCUT2D eigenvalue weighted by Gasteiger charge is 2.17. The first-order valence-electron chi connectivity index (χ1n) is 5.35. The molecule has 14 heavy (non-hydrogen) atoms. The van der Waals surface area contributed by atoms with Crippen LogP contribution in [-0.4, -0.2) is 15.2 Å². The van der Waals surface area contributed by atoms with Gasteiger partial charge in [0.05, 0.1) is 6.04 Å². The van der Waals surface area contributed by atoms with Crippen LogP contribution in [0.3, 0.4) is 0 Å². The van der Waals surface area contributed by atoms with E-state index in [0.717, 1.165) is 30.9 Å². The minimum atomic E-state index is -0.0399. The van der Waals surface area contributed by atoms with E-state index >= 15 is 0 Å². The summed E-state index contributed by atoms with van der Waals surface area (Å²) in [6.07, 6.45) is 3.08. The highest BCUT2D eigenvalue weighted by atomic mass is 15.2. The zero-order valence-electron chi connectivity index (χ0n) is 9.25. The highest BCUT2D eigenvalue weighted by Crippen LogP contribution is 2.18. The summed E-state index contributed by atoms with van der Waals surface area (Å²) >= 11 is 0. The van der Waals surface area contributed by atoms with Gasteiger partial charge in [-0.2, -0.15) is 5.10 Å². The van der Waals surface area contributed by atoms with Crippen LogP contribution in [0.2, 0.25) is 0 Å². The maximum atomic E-state index is 6.01. The summed E-state index contributed by atoms with van der Waals surface area (Å²) in [4.78, 5) is 4.38. The van der Waals surface area contributed by atoms with E-state index < -0.39 is 0 Å². The maximum Gasteiger partial charge on any atom is 0.167 e. The molecule has 0 amide bonds. The molecule has 0 spiro atoms. The number of hydrogen-bond donors (Lipinski definition) is 2. The summed E-state index contributed by atoms with van der Waals surface area (Å²) in [7, 11) is 0. The van der Waals surface area contributed by atoms with Crippen LogP contribution in [0.25, 0.3) is 0 Å². The fourth-order valence-corrected chi connectivity index (χ4v) is 1.32. The lowest BCUT2D eigenvalue weighted by Gasteiger charge is -2.13. The second kappa shape index (κ2) is 5.10. The van der Waals surface area contributed by atoms with Gasteiger partial charge in [-0.1, -0.05) is 27.2 Å². The van der Waals surface area contributed by atoms with Gasteiger partial charge in [0.15, 0.2) is 5.82 Å². The van der Waals surface area contributed by atoms with Crippen molar-refractivity contribution in [3.63, 3.8) is 0 Å². The molecule has 0 fully saturated rings. The Morgan fingerprint density at radius 2 is 2.14 bits per heavy atom. The summed E-state index contributed by atoms with van der Waals surface area (Å²) in [5.41, 5.74) is 6.01. The smallest absolute Gasteiger partial charge is 0.167 e. The molecule has 2 atom stereocenters. The van der Waals surface area contributed by atoms with Crippen molar-refractivity contribution in [2.24, 2.45) is 11.7 Å². The van der Waals surface area contributed by atoms with Crippen LogP contribution in [0, 0.1) is 5.92 Å². The minimum Gasteiger partial charge on any atom is -0.321 e. The third kappa shape index (κ3) is 2.54. The summed E-state index contributed by atoms with van der Waals surface area (Å²) < 4.78 is 0. The summed E-state index contributed by atoms with van der Waals surface area (Å²) in [5, 5.41) is 7.07. The van der Waals surface area contributed by atoms with Gasteiger partial charge in [-0.3, -0.25) is 5.10 Å². The molecule has 0 radical (unpaired) electrons. The van der Waals surface area contributed by atoms with Crippen molar-refractivity contribution in [3.05, 3.63) is 11.6 Å². The van der Waals surface area contributed by atoms with E-state index in [1.807, 2.05) is 0 Å². The molecule has 2 unspecified atom stereocenters. The van der Waals surface area contributed by atoms with Crippen molar-refractivity contribution in [1.29, 1.82) is 0 Å². The number of aryl methyl sites for hydroxylation is 1. The Hall–Kier alpha value is -0.900. The van der Waals surface area contributed by atoms with E-state index in [1.54, 1.807) is 0 Å². The number of aromatic nitrogens is 3. The fraction of sp³-hybridized carbons (Fsp3) is 0.800. The van der Waals surface area contributed by atoms with Crippen LogP contribution in [0.15, 0.2) is 0 Å². The Balaban J connectivity index is 2.65. The van der Waals surface area contributed by atoms with Crippen molar-refractivity contribution in [3.8, 4) is 0 Å². The van der Waals surface area contributed by atoms with Crippen molar-refractivity contribution >= 4 is 0 Å². The molecule has 3 N–H and O–H groups in total. The van der Waals surface area contributed by atoms with Crippen molar-refractivity contribution in [1.82, 2.24) is 15.2 Å². The molecule has 1 aromatic rings. The first kappa shape index (κ1) is 11.2. The molecule has 0 aliphatic heterocycles. The predicted octanol–water partition coefficient (Wildman–Crippen LogP) is 1.80. The average molecular weight is 196 g/mol. The second-order valence-electron chi connectivity index (χ2n) is 3.80. The number of rotatable bonds is 5. The van der Waals surface area contributed by atoms with Gasteiger partial charge in [0, 0.05) is 6.42 Å². The van der Waals surface area contributed by atoms with Gasteiger partial charge in [0.1, 0.15) is 5.82 Å². The van der Waals surface area contributed by atoms with Crippen LogP contribution in [0.5, 0.6) is 0 Å². The summed E-state index contributed by atoms with van der Waals surface area (Å²) in [5.74, 6) is 2.13. The van der Waals surface area contributed by atoms with Crippen molar-refractivity contribution < 1.29 is 0 Å². The summed E-state index contributed by atoms with van der Waals surface area (Å²) in [6, 6.07) is -0.0399. The molecule has 80 valence electrons. The third-order valence-corrected chi connectivity index (χ3v) is 2.59. The van der Waals surface area contributed by atoms with Gasteiger partial charge in [-0.25, -0.2) is 4.98 Å². The third-order valence-electron chi connectivity index (χ3n) is 2.59. The number of H-pyrrole nitrogens is 1. The molecule has 0 saturated heterocycles. The van der Waals surface area contributed by atoms with E-state index in [2.05, 4.69) is 36.0 Å². The Morgan fingerprint density at radius 3 is 2.71 bits per heavy atom. The lowest BCUT2D eigenvalue weighted by molar-refractivity contribution is 0.440. The summed E-state index contributed by atoms with van der Waals surface area (Å²) in [6.45, 7) is 6.38. The van der Waals surface area contributed by atoms with Gasteiger partial charge < -0.3 is 5.73 Å². The lowest BCUT2D eigenvalue weighted by Crippen LogP contribution is -2.20. The standard InChI is InChI=1S/C10H20N4/c1-4-6-8-12-10(14-13-8)9(11)7(3)5-2/h7,9H,4-6,11H2,1-3H3,(H,12,13,14). The molecule has 1 heterocycles. The fourth-order valence-electron chi connectivity index (χ4n) is 1.32. The normalized spacial score (nSPS) is 15.4. The highest BCUT2D eigenvalue weighted by molar-refractivity contribution is 4.97. The molecule has 1 aromatic heterocycles. The maximum absolute atomic E-state index is 6.01. The van der Waals surface area contributed by atoms with Gasteiger partial charge in [-0.15, -0.1) is 0 Å². The van der Waals surface area contributed by atoms with Crippen molar-refractivity contribution in [2.45, 2.75) is 46.1 Å². The predicted molar refractivity (Wildman–Crippen MR) is 56.8 cm³/mol. The molecule has 4 nitrogen and oxygen atoms in total. The molecule has 0 aliphatic carbocycles. The Bertz CT molecular complexity index is 269. The molecular weight excluding hydrogens is 176 g/mol. The van der Waals surface area contributed by atoms with E-state index in [0.29, 0.717) is 5.92 Å². The van der Waals surface area contributed by atoms with Crippen LogP contribution in [-0.2, 0) is 6.42 Å². The van der Waals surface area contributed by atoms with E-state index in [4.69, 9.17) is 5.73 Å². The zero-order chi connectivity index (χ0) is 10.6. The first-order chi connectivity index (χ1) is 6.69. The Kier molecular flexibility index (Phi) is 4.07. The van der Waals surface area contributed by atoms with Crippen LogP contribution in [0.1, 0.15) is 51.3 Å².